The number of aromatic amines is 2. The zero-order valence-corrected chi connectivity index (χ0v) is 19.5. The lowest BCUT2D eigenvalue weighted by Gasteiger charge is -2.23. The van der Waals surface area contributed by atoms with E-state index in [-0.39, 0.29) is 12.8 Å². The molecule has 10 heteroatoms. The molecule has 2 amide bonds. The molecule has 0 aliphatic heterocycles. The molecule has 7 N–H and O–H groups in total. The summed E-state index contributed by atoms with van der Waals surface area (Å²) in [4.78, 5) is 48.0. The van der Waals surface area contributed by atoms with Gasteiger partial charge in [-0.2, -0.15) is 0 Å². The van der Waals surface area contributed by atoms with E-state index in [4.69, 9.17) is 5.73 Å². The molecule has 0 aliphatic carbocycles. The highest BCUT2D eigenvalue weighted by atomic mass is 16.4. The summed E-state index contributed by atoms with van der Waals surface area (Å²) in [5, 5.41) is 15.9. The van der Waals surface area contributed by atoms with E-state index in [1.807, 2.05) is 54.6 Å². The molecule has 0 spiro atoms. The van der Waals surface area contributed by atoms with Crippen LogP contribution in [0, 0.1) is 0 Å². The van der Waals surface area contributed by atoms with Crippen molar-refractivity contribution in [2.24, 2.45) is 5.73 Å². The first kappa shape index (κ1) is 24.7. The monoisotopic (exact) mass is 488 g/mol. The summed E-state index contributed by atoms with van der Waals surface area (Å²) in [7, 11) is 0. The largest absolute Gasteiger partial charge is 0.480 e. The lowest BCUT2D eigenvalue weighted by molar-refractivity contribution is -0.142. The Morgan fingerprint density at radius 1 is 0.889 bits per heavy atom. The number of imidazole rings is 1. The van der Waals surface area contributed by atoms with E-state index in [0.717, 1.165) is 22.0 Å². The fourth-order valence-corrected chi connectivity index (χ4v) is 4.06. The van der Waals surface area contributed by atoms with Gasteiger partial charge in [-0.1, -0.05) is 48.5 Å². The molecule has 2 aromatic carbocycles. The Kier molecular flexibility index (Phi) is 7.76. The molecule has 0 fully saturated rings. The van der Waals surface area contributed by atoms with E-state index in [9.17, 15) is 19.5 Å². The fraction of sp³-hybridized carbons (Fsp3) is 0.231. The van der Waals surface area contributed by atoms with Gasteiger partial charge in [0.25, 0.3) is 0 Å². The number of benzene rings is 2. The highest BCUT2D eigenvalue weighted by molar-refractivity contribution is 5.93. The molecular formula is C26H28N6O4. The van der Waals surface area contributed by atoms with Crippen LogP contribution in [0.3, 0.4) is 0 Å². The van der Waals surface area contributed by atoms with Gasteiger partial charge in [0.1, 0.15) is 12.1 Å². The van der Waals surface area contributed by atoms with Crippen molar-refractivity contribution in [3.8, 4) is 0 Å². The average Bonchev–Trinajstić information content (AvgIpc) is 3.54. The number of fused-ring (bicyclic) bond motifs is 1. The summed E-state index contributed by atoms with van der Waals surface area (Å²) in [6.45, 7) is 0. The first-order chi connectivity index (χ1) is 17.4. The van der Waals surface area contributed by atoms with Gasteiger partial charge in [-0.15, -0.1) is 0 Å². The number of nitrogens with two attached hydrogens (primary N) is 1. The number of aliphatic carboxylic acids is 1. The summed E-state index contributed by atoms with van der Waals surface area (Å²) < 4.78 is 0. The SMILES string of the molecule is NC(Cc1ccccc1)C(=O)NC(Cc1c[nH]c2ccccc12)C(=O)NC(Cc1cnc[nH]1)C(=O)O. The first-order valence-electron chi connectivity index (χ1n) is 11.6. The van der Waals surface area contributed by atoms with Gasteiger partial charge in [-0.25, -0.2) is 9.78 Å². The number of carbonyl (C=O) groups is 3. The van der Waals surface area contributed by atoms with Crippen LogP contribution in [0.1, 0.15) is 16.8 Å². The number of hydrogen-bond donors (Lipinski definition) is 6. The highest BCUT2D eigenvalue weighted by Gasteiger charge is 2.29. The lowest BCUT2D eigenvalue weighted by Crippen LogP contribution is -2.55. The third-order valence-electron chi connectivity index (χ3n) is 5.96. The predicted octanol–water partition coefficient (Wildman–Crippen LogP) is 1.30. The zero-order chi connectivity index (χ0) is 25.5. The van der Waals surface area contributed by atoms with Crippen molar-refractivity contribution in [1.29, 1.82) is 0 Å². The molecule has 0 radical (unpaired) electrons. The van der Waals surface area contributed by atoms with E-state index in [1.54, 1.807) is 6.20 Å². The van der Waals surface area contributed by atoms with E-state index >= 15 is 0 Å². The predicted molar refractivity (Wildman–Crippen MR) is 134 cm³/mol. The van der Waals surface area contributed by atoms with Gasteiger partial charge >= 0.3 is 5.97 Å². The van der Waals surface area contributed by atoms with Gasteiger partial charge in [-0.3, -0.25) is 9.59 Å². The first-order valence-corrected chi connectivity index (χ1v) is 11.6. The molecule has 3 atom stereocenters. The molecule has 0 bridgehead atoms. The summed E-state index contributed by atoms with van der Waals surface area (Å²) >= 11 is 0. The van der Waals surface area contributed by atoms with Gasteiger partial charge in [0.2, 0.25) is 11.8 Å². The number of rotatable bonds is 11. The number of amides is 2. The number of hydrogen-bond acceptors (Lipinski definition) is 5. The number of H-pyrrole nitrogens is 2. The van der Waals surface area contributed by atoms with Gasteiger partial charge in [0.05, 0.1) is 12.4 Å². The maximum absolute atomic E-state index is 13.3. The number of nitrogens with zero attached hydrogens (tertiary/aromatic N) is 1. The van der Waals surface area contributed by atoms with Crippen molar-refractivity contribution in [3.05, 3.63) is 90.1 Å². The standard InChI is InChI=1S/C26H28N6O4/c27-20(10-16-6-2-1-3-7-16)24(33)31-22(11-17-13-29-21-9-5-4-8-19(17)21)25(34)32-23(26(35)36)12-18-14-28-15-30-18/h1-9,13-15,20,22-23,29H,10-12,27H2,(H,28,30)(H,31,33)(H,32,34)(H,35,36). The van der Waals surface area contributed by atoms with Gasteiger partial charge < -0.3 is 31.4 Å². The number of carboxylic acids is 1. The van der Waals surface area contributed by atoms with E-state index in [0.29, 0.717) is 12.1 Å². The third-order valence-corrected chi connectivity index (χ3v) is 5.96. The molecule has 4 rings (SSSR count). The maximum Gasteiger partial charge on any atom is 0.326 e. The topological polar surface area (TPSA) is 166 Å². The summed E-state index contributed by atoms with van der Waals surface area (Å²) in [6, 6.07) is 13.8. The summed E-state index contributed by atoms with van der Waals surface area (Å²) in [5.41, 5.74) is 9.30. The third kappa shape index (κ3) is 6.16. The molecule has 0 aliphatic rings. The molecule has 186 valence electrons. The Morgan fingerprint density at radius 3 is 2.33 bits per heavy atom. The van der Waals surface area contributed by atoms with Crippen LogP contribution in [0.4, 0.5) is 0 Å². The molecule has 36 heavy (non-hydrogen) atoms. The molecule has 3 unspecified atom stereocenters. The van der Waals surface area contributed by atoms with Crippen molar-refractivity contribution in [3.63, 3.8) is 0 Å². The van der Waals surface area contributed by atoms with Crippen LogP contribution < -0.4 is 16.4 Å². The van der Waals surface area contributed by atoms with Crippen LogP contribution in [0.15, 0.2) is 73.3 Å². The summed E-state index contributed by atoms with van der Waals surface area (Å²) in [5.74, 6) is -2.32. The van der Waals surface area contributed by atoms with E-state index in [2.05, 4.69) is 25.6 Å². The normalized spacial score (nSPS) is 13.6. The second kappa shape index (κ2) is 11.3. The lowest BCUT2D eigenvalue weighted by atomic mass is 10.0. The second-order valence-corrected chi connectivity index (χ2v) is 8.60. The minimum atomic E-state index is -1.21. The molecule has 10 nitrogen and oxygen atoms in total. The zero-order valence-electron chi connectivity index (χ0n) is 19.5. The Labute approximate surface area is 207 Å². The van der Waals surface area contributed by atoms with Crippen molar-refractivity contribution >= 4 is 28.7 Å². The smallest absolute Gasteiger partial charge is 0.326 e. The molecule has 0 saturated carbocycles. The minimum Gasteiger partial charge on any atom is -0.480 e. The van der Waals surface area contributed by atoms with Crippen molar-refractivity contribution in [2.75, 3.05) is 0 Å². The van der Waals surface area contributed by atoms with E-state index < -0.39 is 35.9 Å². The summed E-state index contributed by atoms with van der Waals surface area (Å²) in [6.07, 6.45) is 5.17. The van der Waals surface area contributed by atoms with Crippen LogP contribution in [0.2, 0.25) is 0 Å². The Bertz CT molecular complexity index is 1320. The van der Waals surface area contributed by atoms with E-state index in [1.165, 1.54) is 12.5 Å². The number of carboxylic acid groups (broad SMARTS) is 1. The quantitative estimate of drug-likeness (QED) is 0.186. The van der Waals surface area contributed by atoms with Crippen LogP contribution in [0.5, 0.6) is 0 Å². The van der Waals surface area contributed by atoms with Crippen molar-refractivity contribution in [2.45, 2.75) is 37.4 Å². The molecule has 2 aromatic heterocycles. The Balaban J connectivity index is 1.52. The van der Waals surface area contributed by atoms with Crippen molar-refractivity contribution < 1.29 is 19.5 Å². The van der Waals surface area contributed by atoms with Crippen LogP contribution in [0.25, 0.3) is 10.9 Å². The Hall–Kier alpha value is -4.44. The number of nitrogens with one attached hydrogen (secondary N) is 4. The molecule has 0 saturated heterocycles. The number of para-hydroxylation sites is 1. The maximum atomic E-state index is 13.3. The minimum absolute atomic E-state index is 0.0162. The van der Waals surface area contributed by atoms with Crippen LogP contribution in [-0.2, 0) is 33.6 Å². The van der Waals surface area contributed by atoms with Gasteiger partial charge in [0.15, 0.2) is 0 Å². The van der Waals surface area contributed by atoms with Gasteiger partial charge in [-0.05, 0) is 23.6 Å². The second-order valence-electron chi connectivity index (χ2n) is 8.60. The molecule has 4 aromatic rings. The van der Waals surface area contributed by atoms with Crippen LogP contribution in [-0.4, -0.2) is 56.0 Å². The number of carbonyl (C=O) groups excluding carboxylic acids is 2. The fourth-order valence-electron chi connectivity index (χ4n) is 4.06. The van der Waals surface area contributed by atoms with Crippen LogP contribution >= 0.6 is 0 Å². The molecule has 2 heterocycles. The highest BCUT2D eigenvalue weighted by Crippen LogP contribution is 2.19. The number of aromatic nitrogens is 3. The van der Waals surface area contributed by atoms with Gasteiger partial charge in [0, 0.05) is 41.8 Å². The Morgan fingerprint density at radius 2 is 1.61 bits per heavy atom. The van der Waals surface area contributed by atoms with Crippen molar-refractivity contribution in [1.82, 2.24) is 25.6 Å². The average molecular weight is 489 g/mol. The molecular weight excluding hydrogens is 460 g/mol.